The van der Waals surface area contributed by atoms with E-state index in [-0.39, 0.29) is 16.9 Å². The first-order chi connectivity index (χ1) is 11.8. The molecule has 9 heteroatoms. The van der Waals surface area contributed by atoms with E-state index in [1.165, 1.54) is 26.1 Å². The van der Waals surface area contributed by atoms with Gasteiger partial charge in [0.25, 0.3) is 5.91 Å². The summed E-state index contributed by atoms with van der Waals surface area (Å²) in [7, 11) is 1.34. The maximum Gasteiger partial charge on any atom is 0.435 e. The van der Waals surface area contributed by atoms with Crippen molar-refractivity contribution in [2.75, 3.05) is 18.5 Å². The lowest BCUT2D eigenvalue weighted by molar-refractivity contribution is -0.141. The van der Waals surface area contributed by atoms with Crippen LogP contribution in [0.4, 0.5) is 19.0 Å². The topological polar surface area (TPSA) is 65.4 Å². The molecule has 0 spiro atoms. The molecule has 0 saturated heterocycles. The fraction of sp³-hybridized carbons (Fsp3) is 0.375. The Balaban J connectivity index is 1.86. The van der Waals surface area contributed by atoms with E-state index in [0.29, 0.717) is 24.7 Å². The van der Waals surface area contributed by atoms with E-state index in [0.717, 1.165) is 11.1 Å². The number of amides is 1. The summed E-state index contributed by atoms with van der Waals surface area (Å²) in [6, 6.07) is 4.64. The molecule has 2 aromatic rings. The number of nitrogens with one attached hydrogen (secondary N) is 1. The van der Waals surface area contributed by atoms with Crippen LogP contribution in [0.5, 0.6) is 11.5 Å². The number of hydrogen-bond acceptors (Lipinski definition) is 4. The number of ether oxygens (including phenoxy) is 2. The summed E-state index contributed by atoms with van der Waals surface area (Å²) in [5.74, 6) is 0.396. The van der Waals surface area contributed by atoms with Crippen LogP contribution in [0.3, 0.4) is 0 Å². The number of carbonyl (C=O) groups is 1. The van der Waals surface area contributed by atoms with Crippen LogP contribution < -0.4 is 14.8 Å². The van der Waals surface area contributed by atoms with Crippen molar-refractivity contribution >= 4 is 11.7 Å². The fourth-order valence-corrected chi connectivity index (χ4v) is 2.56. The number of nitrogens with zero attached hydrogens (tertiary/aromatic N) is 2. The third kappa shape index (κ3) is 3.40. The maximum absolute atomic E-state index is 12.9. The highest BCUT2D eigenvalue weighted by molar-refractivity contribution is 6.04. The molecule has 0 bridgehead atoms. The second-order valence-corrected chi connectivity index (χ2v) is 5.61. The fourth-order valence-electron chi connectivity index (χ4n) is 2.56. The van der Waals surface area contributed by atoms with Crippen molar-refractivity contribution in [3.8, 4) is 11.5 Å². The van der Waals surface area contributed by atoms with Gasteiger partial charge in [0, 0.05) is 24.6 Å². The van der Waals surface area contributed by atoms with Gasteiger partial charge in [-0.1, -0.05) is 0 Å². The predicted octanol–water partition coefficient (Wildman–Crippen LogP) is 3.16. The summed E-state index contributed by atoms with van der Waals surface area (Å²) in [6.45, 7) is 2.25. The van der Waals surface area contributed by atoms with Crippen LogP contribution >= 0.6 is 0 Å². The van der Waals surface area contributed by atoms with Crippen LogP contribution in [0.15, 0.2) is 18.2 Å². The highest BCUT2D eigenvalue weighted by atomic mass is 19.4. The second kappa shape index (κ2) is 6.30. The molecule has 0 radical (unpaired) electrons. The van der Waals surface area contributed by atoms with E-state index in [2.05, 4.69) is 10.4 Å². The largest absolute Gasteiger partial charge is 0.490 e. The van der Waals surface area contributed by atoms with Crippen molar-refractivity contribution in [1.29, 1.82) is 0 Å². The van der Waals surface area contributed by atoms with Gasteiger partial charge in [-0.15, -0.1) is 0 Å². The average Bonchev–Trinajstić information content (AvgIpc) is 2.74. The average molecular weight is 355 g/mol. The molecule has 0 atom stereocenters. The number of rotatable bonds is 2. The number of anilines is 1. The number of halogens is 3. The molecule has 2 heterocycles. The molecule has 1 N–H and O–H groups in total. The Hall–Kier alpha value is -2.71. The number of benzene rings is 1. The summed E-state index contributed by atoms with van der Waals surface area (Å²) in [4.78, 5) is 12.4. The van der Waals surface area contributed by atoms with Gasteiger partial charge in [0.15, 0.2) is 17.2 Å². The molecular weight excluding hydrogens is 339 g/mol. The lowest BCUT2D eigenvalue weighted by Gasteiger charge is -2.10. The molecule has 0 fully saturated rings. The monoisotopic (exact) mass is 355 g/mol. The quantitative estimate of drug-likeness (QED) is 0.899. The van der Waals surface area contributed by atoms with Gasteiger partial charge in [-0.2, -0.15) is 18.3 Å². The van der Waals surface area contributed by atoms with Crippen molar-refractivity contribution in [3.63, 3.8) is 0 Å². The van der Waals surface area contributed by atoms with E-state index < -0.39 is 17.8 Å². The first kappa shape index (κ1) is 17.1. The Morgan fingerprint density at radius 1 is 1.24 bits per heavy atom. The number of hydrogen-bond donors (Lipinski definition) is 1. The van der Waals surface area contributed by atoms with Crippen molar-refractivity contribution in [3.05, 3.63) is 35.0 Å². The van der Waals surface area contributed by atoms with Gasteiger partial charge in [-0.05, 0) is 25.1 Å². The van der Waals surface area contributed by atoms with E-state index >= 15 is 0 Å². The van der Waals surface area contributed by atoms with E-state index in [1.807, 2.05) is 0 Å². The third-order valence-electron chi connectivity index (χ3n) is 3.79. The van der Waals surface area contributed by atoms with Crippen LogP contribution in [0, 0.1) is 6.92 Å². The van der Waals surface area contributed by atoms with Gasteiger partial charge in [0.2, 0.25) is 0 Å². The SMILES string of the molecule is Cc1c(C(F)(F)F)nn(C)c1NC(=O)c1ccc2c(c1)OCCCO2. The normalized spacial score (nSPS) is 14.1. The minimum absolute atomic E-state index is 0.00978. The molecule has 0 unspecified atom stereocenters. The Morgan fingerprint density at radius 2 is 1.92 bits per heavy atom. The van der Waals surface area contributed by atoms with Crippen molar-refractivity contribution in [2.24, 2.45) is 7.05 Å². The van der Waals surface area contributed by atoms with Crippen molar-refractivity contribution in [1.82, 2.24) is 9.78 Å². The minimum atomic E-state index is -4.58. The smallest absolute Gasteiger partial charge is 0.435 e. The maximum atomic E-state index is 12.9. The zero-order valence-corrected chi connectivity index (χ0v) is 13.6. The highest BCUT2D eigenvalue weighted by Crippen LogP contribution is 2.34. The molecule has 1 amide bonds. The molecule has 25 heavy (non-hydrogen) atoms. The van der Waals surface area contributed by atoms with Crippen LogP contribution in [-0.4, -0.2) is 28.9 Å². The molecule has 6 nitrogen and oxygen atoms in total. The first-order valence-corrected chi connectivity index (χ1v) is 7.59. The number of fused-ring (bicyclic) bond motifs is 1. The van der Waals surface area contributed by atoms with Crippen LogP contribution in [0.1, 0.15) is 28.0 Å². The lowest BCUT2D eigenvalue weighted by Crippen LogP contribution is -2.15. The molecule has 0 saturated carbocycles. The Kier molecular flexibility index (Phi) is 4.32. The Labute approximate surface area is 141 Å². The van der Waals surface area contributed by atoms with Crippen molar-refractivity contribution < 1.29 is 27.4 Å². The standard InChI is InChI=1S/C16H16F3N3O3/c1-9-13(16(17,18)19)21-22(2)14(9)20-15(23)10-4-5-11-12(8-10)25-7-3-6-24-11/h4-5,8H,3,6-7H2,1-2H3,(H,20,23). The zero-order valence-electron chi connectivity index (χ0n) is 13.6. The Morgan fingerprint density at radius 3 is 2.56 bits per heavy atom. The minimum Gasteiger partial charge on any atom is -0.490 e. The molecule has 0 aliphatic carbocycles. The first-order valence-electron chi connectivity index (χ1n) is 7.59. The summed E-state index contributed by atoms with van der Waals surface area (Å²) in [5.41, 5.74) is -0.917. The Bertz CT molecular complexity index is 815. The van der Waals surface area contributed by atoms with Crippen molar-refractivity contribution in [2.45, 2.75) is 19.5 Å². The van der Waals surface area contributed by atoms with Crippen LogP contribution in [0.25, 0.3) is 0 Å². The molecule has 1 aromatic carbocycles. The van der Waals surface area contributed by atoms with E-state index in [4.69, 9.17) is 9.47 Å². The molecule has 1 aromatic heterocycles. The van der Waals surface area contributed by atoms with Crippen LogP contribution in [-0.2, 0) is 13.2 Å². The van der Waals surface area contributed by atoms with Gasteiger partial charge in [0.1, 0.15) is 5.82 Å². The lowest BCUT2D eigenvalue weighted by atomic mass is 10.1. The van der Waals surface area contributed by atoms with Gasteiger partial charge in [0.05, 0.1) is 13.2 Å². The van der Waals surface area contributed by atoms with E-state index in [9.17, 15) is 18.0 Å². The molecule has 134 valence electrons. The number of carbonyl (C=O) groups excluding carboxylic acids is 1. The molecule has 1 aliphatic heterocycles. The zero-order chi connectivity index (χ0) is 18.2. The van der Waals surface area contributed by atoms with Gasteiger partial charge >= 0.3 is 6.18 Å². The number of aryl methyl sites for hydroxylation is 1. The van der Waals surface area contributed by atoms with Gasteiger partial charge in [-0.25, -0.2) is 0 Å². The van der Waals surface area contributed by atoms with Crippen LogP contribution in [0.2, 0.25) is 0 Å². The summed E-state index contributed by atoms with van der Waals surface area (Å²) >= 11 is 0. The molecule has 3 rings (SSSR count). The number of alkyl halides is 3. The molecule has 1 aliphatic rings. The highest BCUT2D eigenvalue weighted by Gasteiger charge is 2.37. The second-order valence-electron chi connectivity index (χ2n) is 5.61. The van der Waals surface area contributed by atoms with E-state index in [1.54, 1.807) is 6.07 Å². The predicted molar refractivity (Wildman–Crippen MR) is 82.9 cm³/mol. The van der Waals surface area contributed by atoms with Gasteiger partial charge in [-0.3, -0.25) is 9.48 Å². The third-order valence-corrected chi connectivity index (χ3v) is 3.79. The van der Waals surface area contributed by atoms with Gasteiger partial charge < -0.3 is 14.8 Å². The summed E-state index contributed by atoms with van der Waals surface area (Å²) < 4.78 is 50.7. The number of aromatic nitrogens is 2. The summed E-state index contributed by atoms with van der Waals surface area (Å²) in [5, 5.41) is 5.92. The molecular formula is C16H16F3N3O3. The summed E-state index contributed by atoms with van der Waals surface area (Å²) in [6.07, 6.45) is -3.86.